The molecule has 0 atom stereocenters. The highest BCUT2D eigenvalue weighted by atomic mass is 32.2. The Bertz CT molecular complexity index is 1320. The van der Waals surface area contributed by atoms with E-state index >= 15 is 0 Å². The van der Waals surface area contributed by atoms with E-state index in [4.69, 9.17) is 0 Å². The van der Waals surface area contributed by atoms with Gasteiger partial charge in [0, 0.05) is 0 Å². The van der Waals surface area contributed by atoms with Crippen LogP contribution in [0.5, 0.6) is 0 Å². The lowest BCUT2D eigenvalue weighted by Gasteiger charge is -2.19. The zero-order chi connectivity index (χ0) is 24.4. The van der Waals surface area contributed by atoms with Gasteiger partial charge in [-0.05, 0) is 76.4 Å². The molecule has 0 fully saturated rings. The van der Waals surface area contributed by atoms with Crippen LogP contribution in [0.4, 0.5) is 0 Å². The largest absolute Gasteiger partial charge is 0.298 e. The molecule has 0 bridgehead atoms. The lowest BCUT2D eigenvalue weighted by atomic mass is 9.87. The SMILES string of the molecule is C=C(c1ccc(C)c(/C(=C(\C)C=O)c2ccccc2)c1)S(=O)(=O)c1ccc(C(C)(C)C)cc1. The van der Waals surface area contributed by atoms with E-state index < -0.39 is 9.84 Å². The van der Waals surface area contributed by atoms with E-state index in [0.29, 0.717) is 11.1 Å². The van der Waals surface area contributed by atoms with Gasteiger partial charge in [0.15, 0.2) is 0 Å². The van der Waals surface area contributed by atoms with Crippen molar-refractivity contribution < 1.29 is 13.2 Å². The van der Waals surface area contributed by atoms with Gasteiger partial charge in [-0.1, -0.05) is 81.9 Å². The second-order valence-corrected chi connectivity index (χ2v) is 11.2. The molecule has 0 unspecified atom stereocenters. The Balaban J connectivity index is 2.09. The third-order valence-electron chi connectivity index (χ3n) is 5.82. The number of allylic oxidation sites excluding steroid dienone is 1. The summed E-state index contributed by atoms with van der Waals surface area (Å²) in [4.78, 5) is 11.9. The van der Waals surface area contributed by atoms with E-state index in [1.807, 2.05) is 61.5 Å². The fourth-order valence-corrected chi connectivity index (χ4v) is 4.97. The molecule has 0 saturated heterocycles. The zero-order valence-electron chi connectivity index (χ0n) is 19.8. The van der Waals surface area contributed by atoms with Crippen molar-refractivity contribution in [1.29, 1.82) is 0 Å². The summed E-state index contributed by atoms with van der Waals surface area (Å²) in [6, 6.07) is 22.1. The molecule has 3 nitrogen and oxygen atoms in total. The number of aldehydes is 1. The molecule has 0 aliphatic heterocycles. The summed E-state index contributed by atoms with van der Waals surface area (Å²) in [5.74, 6) is 0. The van der Waals surface area contributed by atoms with Gasteiger partial charge in [0.1, 0.15) is 6.29 Å². The van der Waals surface area contributed by atoms with Crippen molar-refractivity contribution >= 4 is 26.6 Å². The quantitative estimate of drug-likeness (QED) is 0.303. The van der Waals surface area contributed by atoms with Crippen molar-refractivity contribution in [2.24, 2.45) is 0 Å². The minimum Gasteiger partial charge on any atom is -0.298 e. The Kier molecular flexibility index (Phi) is 6.89. The number of hydrogen-bond donors (Lipinski definition) is 0. The lowest BCUT2D eigenvalue weighted by Crippen LogP contribution is -2.11. The predicted molar refractivity (Wildman–Crippen MR) is 137 cm³/mol. The van der Waals surface area contributed by atoms with Crippen LogP contribution in [0, 0.1) is 6.92 Å². The van der Waals surface area contributed by atoms with Gasteiger partial charge < -0.3 is 0 Å². The number of hydrogen-bond acceptors (Lipinski definition) is 3. The number of carbonyl (C=O) groups excluding carboxylic acids is 1. The zero-order valence-corrected chi connectivity index (χ0v) is 20.7. The molecule has 0 amide bonds. The van der Waals surface area contributed by atoms with E-state index in [-0.39, 0.29) is 15.2 Å². The summed E-state index contributed by atoms with van der Waals surface area (Å²) < 4.78 is 26.7. The van der Waals surface area contributed by atoms with Gasteiger partial charge in [-0.15, -0.1) is 0 Å². The number of benzene rings is 3. The van der Waals surface area contributed by atoms with E-state index in [9.17, 15) is 13.2 Å². The van der Waals surface area contributed by atoms with Crippen LogP contribution in [0.1, 0.15) is 55.5 Å². The molecule has 0 aliphatic rings. The first kappa shape index (κ1) is 24.4. The highest BCUT2D eigenvalue weighted by Crippen LogP contribution is 2.34. The van der Waals surface area contributed by atoms with Crippen molar-refractivity contribution in [3.05, 3.63) is 113 Å². The van der Waals surface area contributed by atoms with Crippen LogP contribution in [-0.4, -0.2) is 14.7 Å². The number of aryl methyl sites for hydroxylation is 1. The molecular formula is C29H30O3S. The Morgan fingerprint density at radius 1 is 0.879 bits per heavy atom. The highest BCUT2D eigenvalue weighted by Gasteiger charge is 2.23. The van der Waals surface area contributed by atoms with Crippen LogP contribution in [-0.2, 0) is 20.0 Å². The van der Waals surface area contributed by atoms with E-state index in [0.717, 1.165) is 34.1 Å². The van der Waals surface area contributed by atoms with Crippen LogP contribution in [0.25, 0.3) is 10.5 Å². The smallest absolute Gasteiger partial charge is 0.206 e. The van der Waals surface area contributed by atoms with Crippen LogP contribution in [0.3, 0.4) is 0 Å². The Hall–Kier alpha value is -3.24. The van der Waals surface area contributed by atoms with E-state index in [1.165, 1.54) is 0 Å². The van der Waals surface area contributed by atoms with Crippen molar-refractivity contribution in [3.8, 4) is 0 Å². The van der Waals surface area contributed by atoms with E-state index in [1.54, 1.807) is 25.1 Å². The molecule has 0 radical (unpaired) electrons. The molecule has 4 heteroatoms. The molecule has 0 saturated carbocycles. The highest BCUT2D eigenvalue weighted by molar-refractivity contribution is 8.00. The summed E-state index contributed by atoms with van der Waals surface area (Å²) in [6.45, 7) is 13.9. The van der Waals surface area contributed by atoms with Gasteiger partial charge in [0.05, 0.1) is 9.80 Å². The van der Waals surface area contributed by atoms with Crippen molar-refractivity contribution in [3.63, 3.8) is 0 Å². The van der Waals surface area contributed by atoms with Crippen LogP contribution in [0.2, 0.25) is 0 Å². The summed E-state index contributed by atoms with van der Waals surface area (Å²) in [7, 11) is -3.78. The molecule has 33 heavy (non-hydrogen) atoms. The summed E-state index contributed by atoms with van der Waals surface area (Å²) in [5.41, 5.74) is 5.50. The minimum atomic E-state index is -3.78. The van der Waals surface area contributed by atoms with Gasteiger partial charge in [-0.3, -0.25) is 4.79 Å². The van der Waals surface area contributed by atoms with Gasteiger partial charge >= 0.3 is 0 Å². The third-order valence-corrected chi connectivity index (χ3v) is 7.59. The molecule has 0 aliphatic carbocycles. The topological polar surface area (TPSA) is 51.2 Å². The van der Waals surface area contributed by atoms with Gasteiger partial charge in [-0.2, -0.15) is 0 Å². The van der Waals surface area contributed by atoms with Gasteiger partial charge in [-0.25, -0.2) is 8.42 Å². The number of sulfone groups is 1. The standard InChI is InChI=1S/C29H30O3S/c1-20-12-13-24(18-27(20)28(21(2)19-30)23-10-8-7-9-11-23)22(3)33(31,32)26-16-14-25(15-17-26)29(4,5)6/h7-19H,3H2,1-2,4-6H3/b28-21+. The van der Waals surface area contributed by atoms with Gasteiger partial charge in [0.2, 0.25) is 9.84 Å². The second kappa shape index (κ2) is 9.32. The van der Waals surface area contributed by atoms with Crippen molar-refractivity contribution in [2.45, 2.75) is 44.9 Å². The Morgan fingerprint density at radius 2 is 1.48 bits per heavy atom. The fraction of sp³-hybridized carbons (Fsp3) is 0.207. The second-order valence-electron chi connectivity index (χ2n) is 9.27. The number of carbonyl (C=O) groups is 1. The third kappa shape index (κ3) is 5.07. The lowest BCUT2D eigenvalue weighted by molar-refractivity contribution is -0.104. The Morgan fingerprint density at radius 3 is 2.03 bits per heavy atom. The number of rotatable bonds is 6. The van der Waals surface area contributed by atoms with Crippen LogP contribution >= 0.6 is 0 Å². The first-order valence-corrected chi connectivity index (χ1v) is 12.3. The molecule has 0 aromatic heterocycles. The molecule has 3 aromatic rings. The first-order valence-electron chi connectivity index (χ1n) is 10.8. The first-order chi connectivity index (χ1) is 15.5. The Labute approximate surface area is 197 Å². The summed E-state index contributed by atoms with van der Waals surface area (Å²) >= 11 is 0. The molecular weight excluding hydrogens is 428 g/mol. The summed E-state index contributed by atoms with van der Waals surface area (Å²) in [6.07, 6.45) is 0.830. The van der Waals surface area contributed by atoms with Crippen molar-refractivity contribution in [2.75, 3.05) is 0 Å². The minimum absolute atomic E-state index is 0.0310. The molecule has 0 N–H and O–H groups in total. The fourth-order valence-electron chi connectivity index (χ4n) is 3.76. The summed E-state index contributed by atoms with van der Waals surface area (Å²) in [5, 5.41) is 0. The maximum absolute atomic E-state index is 13.4. The monoisotopic (exact) mass is 458 g/mol. The molecule has 3 aromatic carbocycles. The average molecular weight is 459 g/mol. The molecule has 3 rings (SSSR count). The molecule has 0 spiro atoms. The van der Waals surface area contributed by atoms with Crippen LogP contribution in [0.15, 0.2) is 89.8 Å². The maximum Gasteiger partial charge on any atom is 0.206 e. The normalized spacial score (nSPS) is 12.8. The molecule has 170 valence electrons. The average Bonchev–Trinajstić information content (AvgIpc) is 2.80. The van der Waals surface area contributed by atoms with Crippen LogP contribution < -0.4 is 0 Å². The maximum atomic E-state index is 13.4. The van der Waals surface area contributed by atoms with E-state index in [2.05, 4.69) is 27.4 Å². The van der Waals surface area contributed by atoms with Gasteiger partial charge in [0.25, 0.3) is 0 Å². The molecule has 0 heterocycles. The predicted octanol–water partition coefficient (Wildman–Crippen LogP) is 6.76. The van der Waals surface area contributed by atoms with Crippen molar-refractivity contribution in [1.82, 2.24) is 0 Å².